The Morgan fingerprint density at radius 3 is 2.68 bits per heavy atom. The normalized spacial score (nSPS) is 11.4. The number of Topliss-reactive ketones (excluding diaryl/α,β-unsaturated/α-hetero) is 1. The van der Waals surface area contributed by atoms with Crippen molar-refractivity contribution in [3.05, 3.63) is 29.8 Å². The molecule has 0 amide bonds. The van der Waals surface area contributed by atoms with Crippen LogP contribution in [0.1, 0.15) is 50.4 Å². The second-order valence-electron chi connectivity index (χ2n) is 5.26. The first-order valence-electron chi connectivity index (χ1n) is 6.79. The van der Waals surface area contributed by atoms with E-state index in [2.05, 4.69) is 6.92 Å². The maximum absolute atomic E-state index is 12.1. The number of hydrogen-bond donors (Lipinski definition) is 0. The van der Waals surface area contributed by atoms with Gasteiger partial charge in [0.25, 0.3) is 0 Å². The minimum Gasteiger partial charge on any atom is -0.494 e. The minimum atomic E-state index is -0.258. The van der Waals surface area contributed by atoms with Gasteiger partial charge in [-0.25, -0.2) is 0 Å². The van der Waals surface area contributed by atoms with Crippen molar-refractivity contribution in [3.8, 4) is 5.75 Å². The third-order valence-corrected chi connectivity index (χ3v) is 3.14. The van der Waals surface area contributed by atoms with Gasteiger partial charge in [0.1, 0.15) is 5.75 Å². The third-order valence-electron chi connectivity index (χ3n) is 3.14. The van der Waals surface area contributed by atoms with Gasteiger partial charge in [-0.2, -0.15) is 0 Å². The first-order chi connectivity index (χ1) is 8.98. The van der Waals surface area contributed by atoms with Crippen LogP contribution in [0.3, 0.4) is 0 Å². The Balaban J connectivity index is 2.61. The standard InChI is InChI=1S/C16H24O3/c1-5-11-19-14-8-6-7-13(12-14)15(17)9-10-16(2,3)18-4/h6-8,12H,5,9-11H2,1-4H3. The zero-order valence-electron chi connectivity index (χ0n) is 12.4. The number of ketones is 1. The van der Waals surface area contributed by atoms with E-state index < -0.39 is 0 Å². The first kappa shape index (κ1) is 15.7. The third kappa shape index (κ3) is 5.43. The molecule has 0 bridgehead atoms. The molecule has 0 heterocycles. The zero-order valence-corrected chi connectivity index (χ0v) is 12.4. The second kappa shape index (κ2) is 7.29. The lowest BCUT2D eigenvalue weighted by Crippen LogP contribution is -2.23. The summed E-state index contributed by atoms with van der Waals surface area (Å²) in [4.78, 5) is 12.1. The van der Waals surface area contributed by atoms with Crippen LogP contribution in [0.5, 0.6) is 5.75 Å². The fraction of sp³-hybridized carbons (Fsp3) is 0.562. The topological polar surface area (TPSA) is 35.5 Å². The molecule has 0 saturated heterocycles. The van der Waals surface area contributed by atoms with E-state index in [1.54, 1.807) is 7.11 Å². The van der Waals surface area contributed by atoms with E-state index >= 15 is 0 Å². The van der Waals surface area contributed by atoms with E-state index in [0.717, 1.165) is 12.2 Å². The Hall–Kier alpha value is -1.35. The monoisotopic (exact) mass is 264 g/mol. The van der Waals surface area contributed by atoms with E-state index in [1.165, 1.54) is 0 Å². The van der Waals surface area contributed by atoms with E-state index in [0.29, 0.717) is 25.0 Å². The summed E-state index contributed by atoms with van der Waals surface area (Å²) in [7, 11) is 1.67. The van der Waals surface area contributed by atoms with Crippen LogP contribution in [0.15, 0.2) is 24.3 Å². The van der Waals surface area contributed by atoms with Crippen molar-refractivity contribution in [2.45, 2.75) is 45.6 Å². The molecule has 0 aromatic heterocycles. The Bertz CT molecular complexity index is 410. The molecule has 19 heavy (non-hydrogen) atoms. The lowest BCUT2D eigenvalue weighted by Gasteiger charge is -2.22. The molecule has 1 aromatic carbocycles. The number of benzene rings is 1. The molecule has 0 N–H and O–H groups in total. The Morgan fingerprint density at radius 1 is 1.32 bits per heavy atom. The van der Waals surface area contributed by atoms with Crippen molar-refractivity contribution in [1.29, 1.82) is 0 Å². The Kier molecular flexibility index (Phi) is 6.03. The lowest BCUT2D eigenvalue weighted by molar-refractivity contribution is 0.0141. The van der Waals surface area contributed by atoms with E-state index in [1.807, 2.05) is 38.1 Å². The summed E-state index contributed by atoms with van der Waals surface area (Å²) in [5.74, 6) is 0.894. The molecule has 106 valence electrons. The molecule has 1 aromatic rings. The van der Waals surface area contributed by atoms with Crippen molar-refractivity contribution < 1.29 is 14.3 Å². The van der Waals surface area contributed by atoms with Gasteiger partial charge in [0, 0.05) is 19.1 Å². The number of carbonyl (C=O) groups excluding carboxylic acids is 1. The molecule has 0 atom stereocenters. The summed E-state index contributed by atoms with van der Waals surface area (Å²) in [6.07, 6.45) is 2.15. The molecular weight excluding hydrogens is 240 g/mol. The number of methoxy groups -OCH3 is 1. The molecule has 0 unspecified atom stereocenters. The van der Waals surface area contributed by atoms with E-state index in [4.69, 9.17) is 9.47 Å². The highest BCUT2D eigenvalue weighted by molar-refractivity contribution is 5.96. The molecule has 0 aliphatic rings. The quantitative estimate of drug-likeness (QED) is 0.669. The first-order valence-corrected chi connectivity index (χ1v) is 6.79. The molecule has 0 aliphatic carbocycles. The largest absolute Gasteiger partial charge is 0.494 e. The lowest BCUT2D eigenvalue weighted by atomic mass is 9.98. The highest BCUT2D eigenvalue weighted by atomic mass is 16.5. The van der Waals surface area contributed by atoms with Gasteiger partial charge < -0.3 is 9.47 Å². The van der Waals surface area contributed by atoms with Crippen LogP contribution in [0.25, 0.3) is 0 Å². The SMILES string of the molecule is CCCOc1cccc(C(=O)CCC(C)(C)OC)c1. The van der Waals surface area contributed by atoms with Crippen LogP contribution in [-0.4, -0.2) is 25.1 Å². The van der Waals surface area contributed by atoms with Gasteiger partial charge in [0.15, 0.2) is 5.78 Å². The molecule has 0 spiro atoms. The van der Waals surface area contributed by atoms with E-state index in [-0.39, 0.29) is 11.4 Å². The molecule has 0 radical (unpaired) electrons. The summed E-state index contributed by atoms with van der Waals surface area (Å²) in [6, 6.07) is 7.39. The molecular formula is C16H24O3. The van der Waals surface area contributed by atoms with Crippen molar-refractivity contribution in [1.82, 2.24) is 0 Å². The highest BCUT2D eigenvalue weighted by Gasteiger charge is 2.18. The summed E-state index contributed by atoms with van der Waals surface area (Å²) in [5, 5.41) is 0. The van der Waals surface area contributed by atoms with Gasteiger partial charge in [0.05, 0.1) is 12.2 Å². The van der Waals surface area contributed by atoms with Gasteiger partial charge in [0.2, 0.25) is 0 Å². The maximum Gasteiger partial charge on any atom is 0.163 e. The average molecular weight is 264 g/mol. The fourth-order valence-corrected chi connectivity index (χ4v) is 1.64. The van der Waals surface area contributed by atoms with E-state index in [9.17, 15) is 4.79 Å². The average Bonchev–Trinajstić information content (AvgIpc) is 2.43. The van der Waals surface area contributed by atoms with Crippen molar-refractivity contribution in [3.63, 3.8) is 0 Å². The number of hydrogen-bond acceptors (Lipinski definition) is 3. The van der Waals surface area contributed by atoms with Crippen LogP contribution in [-0.2, 0) is 4.74 Å². The van der Waals surface area contributed by atoms with Crippen LogP contribution in [0, 0.1) is 0 Å². The molecule has 3 nitrogen and oxygen atoms in total. The summed E-state index contributed by atoms with van der Waals surface area (Å²) in [5.41, 5.74) is 0.451. The molecule has 3 heteroatoms. The van der Waals surface area contributed by atoms with Crippen LogP contribution in [0.2, 0.25) is 0 Å². The zero-order chi connectivity index (χ0) is 14.3. The van der Waals surface area contributed by atoms with Crippen LogP contribution in [0.4, 0.5) is 0 Å². The van der Waals surface area contributed by atoms with Gasteiger partial charge in [-0.05, 0) is 38.8 Å². The summed E-state index contributed by atoms with van der Waals surface area (Å²) >= 11 is 0. The highest BCUT2D eigenvalue weighted by Crippen LogP contribution is 2.20. The van der Waals surface area contributed by atoms with Crippen molar-refractivity contribution >= 4 is 5.78 Å². The number of ether oxygens (including phenoxy) is 2. The van der Waals surface area contributed by atoms with Crippen molar-refractivity contribution in [2.75, 3.05) is 13.7 Å². The summed E-state index contributed by atoms with van der Waals surface area (Å²) < 4.78 is 10.9. The van der Waals surface area contributed by atoms with Gasteiger partial charge >= 0.3 is 0 Å². The smallest absolute Gasteiger partial charge is 0.163 e. The minimum absolute atomic E-state index is 0.132. The van der Waals surface area contributed by atoms with Crippen LogP contribution >= 0.6 is 0 Å². The Morgan fingerprint density at radius 2 is 2.05 bits per heavy atom. The summed E-state index contributed by atoms with van der Waals surface area (Å²) in [6.45, 7) is 6.71. The van der Waals surface area contributed by atoms with Gasteiger partial charge in [-0.3, -0.25) is 4.79 Å². The molecule has 0 fully saturated rings. The fourth-order valence-electron chi connectivity index (χ4n) is 1.64. The van der Waals surface area contributed by atoms with Crippen LogP contribution < -0.4 is 4.74 Å². The predicted molar refractivity (Wildman–Crippen MR) is 76.9 cm³/mol. The molecule has 0 saturated carbocycles. The molecule has 0 aliphatic heterocycles. The number of rotatable bonds is 8. The van der Waals surface area contributed by atoms with Gasteiger partial charge in [-0.15, -0.1) is 0 Å². The number of carbonyl (C=O) groups is 1. The second-order valence-corrected chi connectivity index (χ2v) is 5.26. The van der Waals surface area contributed by atoms with Gasteiger partial charge in [-0.1, -0.05) is 19.1 Å². The predicted octanol–water partition coefficient (Wildman–Crippen LogP) is 3.86. The maximum atomic E-state index is 12.1. The Labute approximate surface area is 115 Å². The van der Waals surface area contributed by atoms with Crippen molar-refractivity contribution in [2.24, 2.45) is 0 Å². The molecule has 1 rings (SSSR count).